The van der Waals surface area contributed by atoms with Gasteiger partial charge in [-0.1, -0.05) is 13.8 Å². The van der Waals surface area contributed by atoms with E-state index in [4.69, 9.17) is 0 Å². The summed E-state index contributed by atoms with van der Waals surface area (Å²) < 4.78 is 2.02. The second-order valence-corrected chi connectivity index (χ2v) is 5.01. The molecule has 3 nitrogen and oxygen atoms in total. The van der Waals surface area contributed by atoms with Crippen LogP contribution in [-0.4, -0.2) is 22.9 Å². The van der Waals surface area contributed by atoms with Gasteiger partial charge in [0.15, 0.2) is 0 Å². The van der Waals surface area contributed by atoms with E-state index in [1.165, 1.54) is 5.69 Å². The van der Waals surface area contributed by atoms with E-state index < -0.39 is 0 Å². The van der Waals surface area contributed by atoms with Gasteiger partial charge in [-0.15, -0.1) is 0 Å². The lowest BCUT2D eigenvalue weighted by Gasteiger charge is -2.25. The molecule has 1 N–H and O–H groups in total. The Balaban J connectivity index is 2.35. The molecule has 0 amide bonds. The van der Waals surface area contributed by atoms with Crippen LogP contribution in [0.1, 0.15) is 31.2 Å². The van der Waals surface area contributed by atoms with Crippen molar-refractivity contribution in [3.63, 3.8) is 0 Å². The van der Waals surface area contributed by atoms with Crippen LogP contribution < -0.4 is 5.32 Å². The van der Waals surface area contributed by atoms with Gasteiger partial charge in [-0.3, -0.25) is 4.68 Å². The SMILES string of the molecule is Cc1cc([C@H]2CNCC2(C)C)n(C)n1. The summed E-state index contributed by atoms with van der Waals surface area (Å²) in [7, 11) is 2.04. The first kappa shape index (κ1) is 9.71. The summed E-state index contributed by atoms with van der Waals surface area (Å²) in [4.78, 5) is 0. The average molecular weight is 193 g/mol. The van der Waals surface area contributed by atoms with Crippen molar-refractivity contribution in [3.8, 4) is 0 Å². The molecule has 1 aliphatic rings. The second kappa shape index (κ2) is 3.09. The topological polar surface area (TPSA) is 29.9 Å². The molecule has 14 heavy (non-hydrogen) atoms. The number of nitrogens with zero attached hydrogens (tertiary/aromatic N) is 2. The van der Waals surface area contributed by atoms with Crippen LogP contribution >= 0.6 is 0 Å². The smallest absolute Gasteiger partial charge is 0.0596 e. The van der Waals surface area contributed by atoms with E-state index in [-0.39, 0.29) is 0 Å². The summed E-state index contributed by atoms with van der Waals surface area (Å²) in [5.41, 5.74) is 2.82. The minimum Gasteiger partial charge on any atom is -0.315 e. The van der Waals surface area contributed by atoms with Crippen molar-refractivity contribution in [2.75, 3.05) is 13.1 Å². The van der Waals surface area contributed by atoms with Crippen LogP contribution in [0.2, 0.25) is 0 Å². The second-order valence-electron chi connectivity index (χ2n) is 5.01. The molecule has 1 saturated heterocycles. The minimum atomic E-state index is 0.347. The Hall–Kier alpha value is -0.830. The molecule has 1 fully saturated rings. The van der Waals surface area contributed by atoms with Crippen LogP contribution in [0.4, 0.5) is 0 Å². The summed E-state index contributed by atoms with van der Waals surface area (Å²) in [6.45, 7) is 8.87. The molecule has 2 heterocycles. The van der Waals surface area contributed by atoms with Crippen LogP contribution in [0.25, 0.3) is 0 Å². The van der Waals surface area contributed by atoms with E-state index in [0.717, 1.165) is 18.8 Å². The van der Waals surface area contributed by atoms with Crippen molar-refractivity contribution in [1.29, 1.82) is 0 Å². The zero-order valence-electron chi connectivity index (χ0n) is 9.46. The van der Waals surface area contributed by atoms with E-state index in [1.807, 2.05) is 11.7 Å². The van der Waals surface area contributed by atoms with Gasteiger partial charge >= 0.3 is 0 Å². The van der Waals surface area contributed by atoms with Gasteiger partial charge in [-0.25, -0.2) is 0 Å². The van der Waals surface area contributed by atoms with Gasteiger partial charge in [-0.2, -0.15) is 5.10 Å². The zero-order chi connectivity index (χ0) is 10.3. The standard InChI is InChI=1S/C11H19N3/c1-8-5-10(14(4)13-8)9-6-12-7-11(9,2)3/h5,9,12H,6-7H2,1-4H3/t9-/m1/s1. The van der Waals surface area contributed by atoms with E-state index in [0.29, 0.717) is 11.3 Å². The number of hydrogen-bond acceptors (Lipinski definition) is 2. The maximum atomic E-state index is 4.41. The van der Waals surface area contributed by atoms with Crippen molar-refractivity contribution in [3.05, 3.63) is 17.5 Å². The zero-order valence-corrected chi connectivity index (χ0v) is 9.46. The van der Waals surface area contributed by atoms with Gasteiger partial charge in [0, 0.05) is 31.7 Å². The van der Waals surface area contributed by atoms with E-state index in [1.54, 1.807) is 0 Å². The molecule has 0 unspecified atom stereocenters. The quantitative estimate of drug-likeness (QED) is 0.731. The molecule has 2 rings (SSSR count). The van der Waals surface area contributed by atoms with Crippen molar-refractivity contribution in [2.45, 2.75) is 26.7 Å². The van der Waals surface area contributed by atoms with Crippen molar-refractivity contribution in [2.24, 2.45) is 12.5 Å². The molecule has 1 aromatic heterocycles. The summed E-state index contributed by atoms with van der Waals surface area (Å²) >= 11 is 0. The molecule has 0 radical (unpaired) electrons. The van der Waals surface area contributed by atoms with E-state index in [9.17, 15) is 0 Å². The average Bonchev–Trinajstić information content (AvgIpc) is 2.54. The molecular weight excluding hydrogens is 174 g/mol. The largest absolute Gasteiger partial charge is 0.315 e. The Bertz CT molecular complexity index is 338. The maximum absolute atomic E-state index is 4.41. The summed E-state index contributed by atoms with van der Waals surface area (Å²) in [6.07, 6.45) is 0. The minimum absolute atomic E-state index is 0.347. The number of hydrogen-bond donors (Lipinski definition) is 1. The first-order chi connectivity index (χ1) is 6.50. The summed E-state index contributed by atoms with van der Waals surface area (Å²) in [5, 5.41) is 7.87. The third kappa shape index (κ3) is 1.46. The highest BCUT2D eigenvalue weighted by molar-refractivity contribution is 5.19. The first-order valence-electron chi connectivity index (χ1n) is 5.22. The van der Waals surface area contributed by atoms with Gasteiger partial charge in [-0.05, 0) is 18.4 Å². The molecule has 0 aromatic carbocycles. The van der Waals surface area contributed by atoms with Crippen LogP contribution in [0.3, 0.4) is 0 Å². The molecule has 1 aromatic rings. The highest BCUT2D eigenvalue weighted by atomic mass is 15.3. The third-order valence-corrected chi connectivity index (χ3v) is 3.27. The van der Waals surface area contributed by atoms with Gasteiger partial charge < -0.3 is 5.32 Å². The Morgan fingerprint density at radius 3 is 2.71 bits per heavy atom. The van der Waals surface area contributed by atoms with Crippen molar-refractivity contribution >= 4 is 0 Å². The molecule has 0 spiro atoms. The molecule has 0 bridgehead atoms. The summed E-state index contributed by atoms with van der Waals surface area (Å²) in [5.74, 6) is 0.591. The Morgan fingerprint density at radius 2 is 2.29 bits per heavy atom. The van der Waals surface area contributed by atoms with Crippen LogP contribution in [0.5, 0.6) is 0 Å². The number of aromatic nitrogens is 2. The molecule has 1 atom stereocenters. The molecule has 78 valence electrons. The van der Waals surface area contributed by atoms with Crippen molar-refractivity contribution in [1.82, 2.24) is 15.1 Å². The fourth-order valence-electron chi connectivity index (χ4n) is 2.40. The molecular formula is C11H19N3. The lowest BCUT2D eigenvalue weighted by atomic mass is 9.80. The van der Waals surface area contributed by atoms with Crippen molar-refractivity contribution < 1.29 is 0 Å². The highest BCUT2D eigenvalue weighted by Gasteiger charge is 2.37. The molecule has 0 saturated carbocycles. The predicted molar refractivity (Wildman–Crippen MR) is 57.3 cm³/mol. The number of rotatable bonds is 1. The van der Waals surface area contributed by atoms with E-state index in [2.05, 4.69) is 37.3 Å². The maximum Gasteiger partial charge on any atom is 0.0596 e. The third-order valence-electron chi connectivity index (χ3n) is 3.27. The lowest BCUT2D eigenvalue weighted by Crippen LogP contribution is -2.22. The number of nitrogens with one attached hydrogen (secondary N) is 1. The Kier molecular flexibility index (Phi) is 2.14. The van der Waals surface area contributed by atoms with Gasteiger partial charge in [0.1, 0.15) is 0 Å². The molecule has 0 aliphatic carbocycles. The van der Waals surface area contributed by atoms with Gasteiger partial charge in [0.05, 0.1) is 5.69 Å². The van der Waals surface area contributed by atoms with Crippen LogP contribution in [-0.2, 0) is 7.05 Å². The number of aryl methyl sites for hydroxylation is 2. The normalized spacial score (nSPS) is 25.6. The Labute approximate surface area is 85.5 Å². The fourth-order valence-corrected chi connectivity index (χ4v) is 2.40. The van der Waals surface area contributed by atoms with E-state index >= 15 is 0 Å². The van der Waals surface area contributed by atoms with Gasteiger partial charge in [0.2, 0.25) is 0 Å². The highest BCUT2D eigenvalue weighted by Crippen LogP contribution is 2.38. The van der Waals surface area contributed by atoms with Crippen LogP contribution in [0.15, 0.2) is 6.07 Å². The summed E-state index contributed by atoms with van der Waals surface area (Å²) in [6, 6.07) is 2.21. The molecule has 3 heteroatoms. The van der Waals surface area contributed by atoms with Gasteiger partial charge in [0.25, 0.3) is 0 Å². The fraction of sp³-hybridized carbons (Fsp3) is 0.727. The first-order valence-corrected chi connectivity index (χ1v) is 5.22. The predicted octanol–water partition coefficient (Wildman–Crippen LogP) is 1.44. The lowest BCUT2D eigenvalue weighted by molar-refractivity contribution is 0.350. The monoisotopic (exact) mass is 193 g/mol. The van der Waals surface area contributed by atoms with Crippen LogP contribution in [0, 0.1) is 12.3 Å². The Morgan fingerprint density at radius 1 is 1.57 bits per heavy atom. The molecule has 1 aliphatic heterocycles.